The van der Waals surface area contributed by atoms with Crippen LogP contribution in [-0.4, -0.2) is 35.0 Å². The normalized spacial score (nSPS) is 15.2. The van der Waals surface area contributed by atoms with Crippen molar-refractivity contribution in [1.29, 1.82) is 0 Å². The molecular formula is C23H23NO5. The first-order valence-electron chi connectivity index (χ1n) is 9.84. The van der Waals surface area contributed by atoms with Gasteiger partial charge in [0.25, 0.3) is 5.91 Å². The van der Waals surface area contributed by atoms with Crippen LogP contribution in [0.5, 0.6) is 5.75 Å². The van der Waals surface area contributed by atoms with E-state index in [1.165, 1.54) is 12.3 Å². The number of fused-ring (bicyclic) bond motifs is 1. The molecule has 0 radical (unpaired) electrons. The highest BCUT2D eigenvalue weighted by molar-refractivity contribution is 5.89. The lowest BCUT2D eigenvalue weighted by molar-refractivity contribution is -0.160. The molecule has 1 saturated heterocycles. The van der Waals surface area contributed by atoms with Gasteiger partial charge in [-0.3, -0.25) is 9.59 Å². The lowest BCUT2D eigenvalue weighted by Crippen LogP contribution is -2.40. The number of rotatable bonds is 5. The zero-order valence-corrected chi connectivity index (χ0v) is 16.0. The number of carbonyl (C=O) groups excluding carboxylic acids is 2. The summed E-state index contributed by atoms with van der Waals surface area (Å²) in [6.45, 7) is 1.38. The molecule has 6 nitrogen and oxygen atoms in total. The summed E-state index contributed by atoms with van der Waals surface area (Å²) in [6.07, 6.45) is 3.56. The molecule has 0 aliphatic carbocycles. The van der Waals surface area contributed by atoms with Crippen molar-refractivity contribution in [2.75, 3.05) is 13.1 Å². The summed E-state index contributed by atoms with van der Waals surface area (Å²) in [5, 5.41) is 10.3. The van der Waals surface area contributed by atoms with Gasteiger partial charge in [0.2, 0.25) is 6.10 Å². The Morgan fingerprint density at radius 3 is 2.59 bits per heavy atom. The standard InChI is InChI=1S/C23H23NO5/c25-18-9-10-19-17(15-28-20(19)14-18)13-21(26)29-22(16-7-3-1-4-8-16)23(27)24-11-5-2-6-12-24/h1,3-4,7-10,14-15,22,25H,2,5-6,11-13H2/t22-/m0/s1. The highest BCUT2D eigenvalue weighted by Gasteiger charge is 2.30. The van der Waals surface area contributed by atoms with Crippen LogP contribution >= 0.6 is 0 Å². The monoisotopic (exact) mass is 393 g/mol. The second-order valence-electron chi connectivity index (χ2n) is 7.28. The molecule has 150 valence electrons. The predicted molar refractivity (Wildman–Crippen MR) is 107 cm³/mol. The van der Waals surface area contributed by atoms with Crippen molar-refractivity contribution >= 4 is 22.8 Å². The fraction of sp³-hybridized carbons (Fsp3) is 0.304. The Kier molecular flexibility index (Phi) is 5.51. The number of benzene rings is 2. The number of nitrogens with zero attached hydrogens (tertiary/aromatic N) is 1. The smallest absolute Gasteiger partial charge is 0.311 e. The molecule has 0 bridgehead atoms. The lowest BCUT2D eigenvalue weighted by atomic mass is 10.1. The molecule has 0 spiro atoms. The number of furan rings is 1. The number of phenolic OH excluding ortho intramolecular Hbond substituents is 1. The average Bonchev–Trinajstić information content (AvgIpc) is 3.14. The third kappa shape index (κ3) is 4.26. The highest BCUT2D eigenvalue weighted by Crippen LogP contribution is 2.27. The van der Waals surface area contributed by atoms with Gasteiger partial charge in [-0.2, -0.15) is 0 Å². The Morgan fingerprint density at radius 1 is 1.07 bits per heavy atom. The van der Waals surface area contributed by atoms with Crippen LogP contribution in [0.25, 0.3) is 11.0 Å². The maximum Gasteiger partial charge on any atom is 0.311 e. The van der Waals surface area contributed by atoms with Gasteiger partial charge in [0.1, 0.15) is 11.3 Å². The second-order valence-corrected chi connectivity index (χ2v) is 7.28. The van der Waals surface area contributed by atoms with Crippen LogP contribution in [0.3, 0.4) is 0 Å². The van der Waals surface area contributed by atoms with Gasteiger partial charge in [0.15, 0.2) is 0 Å². The number of carbonyl (C=O) groups is 2. The Balaban J connectivity index is 1.53. The molecule has 0 unspecified atom stereocenters. The topological polar surface area (TPSA) is 80.0 Å². The number of hydrogen-bond acceptors (Lipinski definition) is 5. The quantitative estimate of drug-likeness (QED) is 0.663. The van der Waals surface area contributed by atoms with Crippen molar-refractivity contribution in [2.24, 2.45) is 0 Å². The third-order valence-electron chi connectivity index (χ3n) is 5.22. The molecule has 3 aromatic rings. The molecule has 1 amide bonds. The van der Waals surface area contributed by atoms with Gasteiger partial charge in [0, 0.05) is 35.7 Å². The van der Waals surface area contributed by atoms with Crippen LogP contribution in [-0.2, 0) is 20.7 Å². The number of esters is 1. The first-order chi connectivity index (χ1) is 14.1. The molecule has 1 atom stereocenters. The molecular weight excluding hydrogens is 370 g/mol. The van der Waals surface area contributed by atoms with Gasteiger partial charge in [-0.1, -0.05) is 30.3 Å². The summed E-state index contributed by atoms with van der Waals surface area (Å²) in [4.78, 5) is 27.6. The summed E-state index contributed by atoms with van der Waals surface area (Å²) in [5.41, 5.74) is 1.82. The van der Waals surface area contributed by atoms with Crippen molar-refractivity contribution in [3.63, 3.8) is 0 Å². The fourth-order valence-electron chi connectivity index (χ4n) is 3.71. The number of aromatic hydroxyl groups is 1. The van der Waals surface area contributed by atoms with Crippen molar-refractivity contribution in [3.05, 3.63) is 65.9 Å². The zero-order valence-electron chi connectivity index (χ0n) is 16.0. The maximum atomic E-state index is 13.1. The van der Waals surface area contributed by atoms with Crippen molar-refractivity contribution in [1.82, 2.24) is 4.90 Å². The first kappa shape index (κ1) is 19.1. The van der Waals surface area contributed by atoms with E-state index < -0.39 is 12.1 Å². The van der Waals surface area contributed by atoms with E-state index in [1.54, 1.807) is 29.2 Å². The van der Waals surface area contributed by atoms with E-state index in [0.29, 0.717) is 29.8 Å². The summed E-state index contributed by atoms with van der Waals surface area (Å²) in [5.74, 6) is -0.580. The Hall–Kier alpha value is -3.28. The molecule has 2 aromatic carbocycles. The number of likely N-dealkylation sites (tertiary alicyclic amines) is 1. The van der Waals surface area contributed by atoms with E-state index in [-0.39, 0.29) is 18.1 Å². The fourth-order valence-corrected chi connectivity index (χ4v) is 3.71. The minimum absolute atomic E-state index is 0.0195. The summed E-state index contributed by atoms with van der Waals surface area (Å²) in [7, 11) is 0. The molecule has 1 aromatic heterocycles. The van der Waals surface area contributed by atoms with Crippen LogP contribution < -0.4 is 0 Å². The molecule has 6 heteroatoms. The number of amides is 1. The average molecular weight is 393 g/mol. The van der Waals surface area contributed by atoms with E-state index in [1.807, 2.05) is 18.2 Å². The van der Waals surface area contributed by atoms with Crippen LogP contribution in [0.15, 0.2) is 59.2 Å². The summed E-state index contributed by atoms with van der Waals surface area (Å²) in [6, 6.07) is 13.9. The Bertz CT molecular complexity index is 1000. The van der Waals surface area contributed by atoms with Crippen LogP contribution in [0.4, 0.5) is 0 Å². The van der Waals surface area contributed by atoms with Gasteiger partial charge in [-0.15, -0.1) is 0 Å². The minimum Gasteiger partial charge on any atom is -0.508 e. The number of hydrogen-bond donors (Lipinski definition) is 1. The van der Waals surface area contributed by atoms with Crippen LogP contribution in [0.1, 0.15) is 36.5 Å². The predicted octanol–water partition coefficient (Wildman–Crippen LogP) is 3.98. The maximum absolute atomic E-state index is 13.1. The molecule has 2 heterocycles. The molecule has 1 N–H and O–H groups in total. The van der Waals surface area contributed by atoms with Crippen LogP contribution in [0.2, 0.25) is 0 Å². The Labute approximate surface area is 168 Å². The van der Waals surface area contributed by atoms with Gasteiger partial charge in [0.05, 0.1) is 12.7 Å². The van der Waals surface area contributed by atoms with E-state index in [9.17, 15) is 14.7 Å². The minimum atomic E-state index is -0.955. The molecule has 4 rings (SSSR count). The lowest BCUT2D eigenvalue weighted by Gasteiger charge is -2.30. The van der Waals surface area contributed by atoms with Gasteiger partial charge in [-0.25, -0.2) is 0 Å². The SMILES string of the molecule is O=C(Cc1coc2cc(O)ccc12)O[C@H](C(=O)N1CCCCC1)c1ccccc1. The first-order valence-corrected chi connectivity index (χ1v) is 9.84. The van der Waals surface area contributed by atoms with E-state index in [2.05, 4.69) is 0 Å². The van der Waals surface area contributed by atoms with Crippen LogP contribution in [0, 0.1) is 0 Å². The number of piperidine rings is 1. The van der Waals surface area contributed by atoms with Gasteiger partial charge < -0.3 is 19.2 Å². The summed E-state index contributed by atoms with van der Waals surface area (Å²) < 4.78 is 11.1. The van der Waals surface area contributed by atoms with E-state index in [4.69, 9.17) is 9.15 Å². The molecule has 1 aliphatic heterocycles. The van der Waals surface area contributed by atoms with E-state index in [0.717, 1.165) is 24.6 Å². The largest absolute Gasteiger partial charge is 0.508 e. The molecule has 29 heavy (non-hydrogen) atoms. The second kappa shape index (κ2) is 8.39. The van der Waals surface area contributed by atoms with Gasteiger partial charge >= 0.3 is 5.97 Å². The van der Waals surface area contributed by atoms with Crippen molar-refractivity contribution in [2.45, 2.75) is 31.8 Å². The number of ether oxygens (including phenoxy) is 1. The molecule has 1 fully saturated rings. The molecule has 1 aliphatic rings. The van der Waals surface area contributed by atoms with Gasteiger partial charge in [-0.05, 0) is 31.4 Å². The van der Waals surface area contributed by atoms with Crippen molar-refractivity contribution < 1.29 is 23.8 Å². The molecule has 0 saturated carbocycles. The third-order valence-corrected chi connectivity index (χ3v) is 5.22. The Morgan fingerprint density at radius 2 is 1.83 bits per heavy atom. The summed E-state index contributed by atoms with van der Waals surface area (Å²) >= 11 is 0. The zero-order chi connectivity index (χ0) is 20.2. The van der Waals surface area contributed by atoms with E-state index >= 15 is 0 Å². The highest BCUT2D eigenvalue weighted by atomic mass is 16.5. The van der Waals surface area contributed by atoms with Crippen molar-refractivity contribution in [3.8, 4) is 5.75 Å². The number of phenols is 1.